The highest BCUT2D eigenvalue weighted by Gasteiger charge is 2.19. The van der Waals surface area contributed by atoms with Crippen LogP contribution in [-0.4, -0.2) is 37.2 Å². The van der Waals surface area contributed by atoms with Gasteiger partial charge in [-0.25, -0.2) is 0 Å². The van der Waals surface area contributed by atoms with Crippen LogP contribution in [0.3, 0.4) is 0 Å². The van der Waals surface area contributed by atoms with E-state index >= 15 is 0 Å². The zero-order chi connectivity index (χ0) is 43.0. The van der Waals surface area contributed by atoms with Crippen molar-refractivity contribution in [3.8, 4) is 0 Å². The fraction of sp³-hybridized carbons (Fsp3) is 0.906. The first-order chi connectivity index (χ1) is 29.0. The molecule has 6 heteroatoms. The predicted octanol–water partition coefficient (Wildman–Crippen LogP) is 17.0. The average Bonchev–Trinajstić information content (AvgIpc) is 3.23. The minimum Gasteiger partial charge on any atom is -0.462 e. The number of carbonyl (C=O) groups is 3. The first-order valence-corrected chi connectivity index (χ1v) is 26.2. The van der Waals surface area contributed by atoms with Crippen LogP contribution in [0.1, 0.15) is 290 Å². The molecule has 0 saturated carbocycles. The number of rotatable bonds is 48. The molecule has 0 aromatic carbocycles. The van der Waals surface area contributed by atoms with E-state index in [4.69, 9.17) is 14.2 Å². The first kappa shape index (κ1) is 57.1. The minimum atomic E-state index is -0.763. The summed E-state index contributed by atoms with van der Waals surface area (Å²) in [6.07, 6.45) is 53.5. The number of esters is 3. The van der Waals surface area contributed by atoms with Crippen LogP contribution in [0.5, 0.6) is 0 Å². The van der Waals surface area contributed by atoms with Gasteiger partial charge in [-0.05, 0) is 44.9 Å². The maximum Gasteiger partial charge on any atom is 0.306 e. The molecule has 0 aromatic heterocycles. The SMILES string of the molecule is CCCCCCCCC/C=C\CCCCCCCCCC(=O)OCC(COC(=O)CCCCCCCCCC)OC(=O)CCCCCCCCCCCCCCCCC. The number of unbranched alkanes of at least 4 members (excludes halogenated alkanes) is 35. The van der Waals surface area contributed by atoms with Crippen molar-refractivity contribution in [1.29, 1.82) is 0 Å². The lowest BCUT2D eigenvalue weighted by Gasteiger charge is -2.18. The standard InChI is InChI=1S/C53H100O6/c1-4-7-10-13-16-19-21-23-25-26-27-29-30-32-34-37-40-43-46-52(55)58-49-50(48-57-51(54)45-42-39-36-18-15-12-9-6-3)59-53(56)47-44-41-38-35-33-31-28-24-22-20-17-14-11-8-5-2/h25-26,50H,4-24,27-49H2,1-3H3/b26-25-. The van der Waals surface area contributed by atoms with E-state index < -0.39 is 6.10 Å². The molecule has 348 valence electrons. The van der Waals surface area contributed by atoms with Crippen LogP contribution in [0.25, 0.3) is 0 Å². The smallest absolute Gasteiger partial charge is 0.306 e. The van der Waals surface area contributed by atoms with E-state index in [-0.39, 0.29) is 31.1 Å². The Balaban J connectivity index is 4.24. The second kappa shape index (κ2) is 48.8. The molecule has 1 atom stereocenters. The predicted molar refractivity (Wildman–Crippen MR) is 252 cm³/mol. The highest BCUT2D eigenvalue weighted by Crippen LogP contribution is 2.16. The second-order valence-electron chi connectivity index (χ2n) is 17.8. The molecule has 0 aliphatic rings. The number of allylic oxidation sites excluding steroid dienone is 2. The lowest BCUT2D eigenvalue weighted by molar-refractivity contribution is -0.167. The molecule has 0 bridgehead atoms. The minimum absolute atomic E-state index is 0.0668. The van der Waals surface area contributed by atoms with Crippen LogP contribution < -0.4 is 0 Å². The van der Waals surface area contributed by atoms with Gasteiger partial charge in [-0.15, -0.1) is 0 Å². The van der Waals surface area contributed by atoms with Crippen molar-refractivity contribution in [3.05, 3.63) is 12.2 Å². The van der Waals surface area contributed by atoms with Gasteiger partial charge in [0.15, 0.2) is 6.10 Å². The Bertz CT molecular complexity index is 916. The Kier molecular flexibility index (Phi) is 47.3. The normalized spacial score (nSPS) is 12.0. The summed E-state index contributed by atoms with van der Waals surface area (Å²) >= 11 is 0. The average molecular weight is 833 g/mol. The molecule has 59 heavy (non-hydrogen) atoms. The zero-order valence-electron chi connectivity index (χ0n) is 39.8. The molecule has 0 saturated heterocycles. The molecule has 0 fully saturated rings. The van der Waals surface area contributed by atoms with Gasteiger partial charge in [0.1, 0.15) is 13.2 Å². The molecular formula is C53H100O6. The van der Waals surface area contributed by atoms with Crippen LogP contribution >= 0.6 is 0 Å². The van der Waals surface area contributed by atoms with Crippen molar-refractivity contribution in [3.63, 3.8) is 0 Å². The maximum atomic E-state index is 12.8. The van der Waals surface area contributed by atoms with Crippen LogP contribution in [0.2, 0.25) is 0 Å². The number of carbonyl (C=O) groups excluding carboxylic acids is 3. The van der Waals surface area contributed by atoms with Crippen molar-refractivity contribution in [2.45, 2.75) is 297 Å². The van der Waals surface area contributed by atoms with Gasteiger partial charge in [0, 0.05) is 19.3 Å². The van der Waals surface area contributed by atoms with E-state index in [0.29, 0.717) is 19.3 Å². The quantitative estimate of drug-likeness (QED) is 0.0263. The van der Waals surface area contributed by atoms with Crippen LogP contribution in [0.15, 0.2) is 12.2 Å². The molecule has 1 unspecified atom stereocenters. The van der Waals surface area contributed by atoms with Crippen LogP contribution in [0, 0.1) is 0 Å². The van der Waals surface area contributed by atoms with E-state index in [2.05, 4.69) is 32.9 Å². The summed E-state index contributed by atoms with van der Waals surface area (Å²) < 4.78 is 16.8. The second-order valence-corrected chi connectivity index (χ2v) is 17.8. The third-order valence-corrected chi connectivity index (χ3v) is 11.8. The summed E-state index contributed by atoms with van der Waals surface area (Å²) in [6.45, 7) is 6.64. The Labute approximate surface area is 367 Å². The van der Waals surface area contributed by atoms with Crippen LogP contribution in [0.4, 0.5) is 0 Å². The highest BCUT2D eigenvalue weighted by atomic mass is 16.6. The Hall–Kier alpha value is -1.85. The summed E-state index contributed by atoms with van der Waals surface area (Å²) in [5.41, 5.74) is 0. The molecule has 0 N–H and O–H groups in total. The number of hydrogen-bond acceptors (Lipinski definition) is 6. The highest BCUT2D eigenvalue weighted by molar-refractivity contribution is 5.71. The van der Waals surface area contributed by atoms with Gasteiger partial charge in [0.2, 0.25) is 0 Å². The molecule has 0 heterocycles. The molecule has 0 aromatic rings. The zero-order valence-corrected chi connectivity index (χ0v) is 39.8. The van der Waals surface area contributed by atoms with E-state index in [9.17, 15) is 14.4 Å². The van der Waals surface area contributed by atoms with Gasteiger partial charge in [-0.2, -0.15) is 0 Å². The molecule has 0 aliphatic heterocycles. The van der Waals surface area contributed by atoms with Crippen molar-refractivity contribution < 1.29 is 28.6 Å². The van der Waals surface area contributed by atoms with Gasteiger partial charge in [0.25, 0.3) is 0 Å². The summed E-state index contributed by atoms with van der Waals surface area (Å²) in [6, 6.07) is 0. The van der Waals surface area contributed by atoms with Crippen molar-refractivity contribution in [1.82, 2.24) is 0 Å². The summed E-state index contributed by atoms with van der Waals surface area (Å²) in [7, 11) is 0. The third-order valence-electron chi connectivity index (χ3n) is 11.8. The van der Waals surface area contributed by atoms with Gasteiger partial charge < -0.3 is 14.2 Å². The van der Waals surface area contributed by atoms with Crippen molar-refractivity contribution in [2.24, 2.45) is 0 Å². The molecule has 0 amide bonds. The van der Waals surface area contributed by atoms with Gasteiger partial charge in [-0.3, -0.25) is 14.4 Å². The number of ether oxygens (including phenoxy) is 3. The fourth-order valence-electron chi connectivity index (χ4n) is 7.79. The summed E-state index contributed by atoms with van der Waals surface area (Å²) in [5, 5.41) is 0. The van der Waals surface area contributed by atoms with Gasteiger partial charge in [-0.1, -0.05) is 238 Å². The lowest BCUT2D eigenvalue weighted by Crippen LogP contribution is -2.30. The largest absolute Gasteiger partial charge is 0.462 e. The maximum absolute atomic E-state index is 12.8. The van der Waals surface area contributed by atoms with E-state index in [1.54, 1.807) is 0 Å². The molecular weight excluding hydrogens is 733 g/mol. The Morgan fingerprint density at radius 1 is 0.322 bits per heavy atom. The summed E-state index contributed by atoms with van der Waals surface area (Å²) in [4.78, 5) is 37.8. The number of hydrogen-bond donors (Lipinski definition) is 0. The molecule has 6 nitrogen and oxygen atoms in total. The molecule has 0 aliphatic carbocycles. The molecule has 0 radical (unpaired) electrons. The third kappa shape index (κ3) is 47.1. The molecule has 0 spiro atoms. The Morgan fingerprint density at radius 2 is 0.559 bits per heavy atom. The summed E-state index contributed by atoms with van der Waals surface area (Å²) in [5.74, 6) is -0.859. The van der Waals surface area contributed by atoms with Crippen LogP contribution in [-0.2, 0) is 28.6 Å². The van der Waals surface area contributed by atoms with E-state index in [0.717, 1.165) is 57.8 Å². The monoisotopic (exact) mass is 833 g/mol. The van der Waals surface area contributed by atoms with Gasteiger partial charge in [0.05, 0.1) is 0 Å². The van der Waals surface area contributed by atoms with Crippen molar-refractivity contribution in [2.75, 3.05) is 13.2 Å². The first-order valence-electron chi connectivity index (χ1n) is 26.2. The van der Waals surface area contributed by atoms with E-state index in [1.807, 2.05) is 0 Å². The topological polar surface area (TPSA) is 78.9 Å². The molecule has 0 rings (SSSR count). The lowest BCUT2D eigenvalue weighted by atomic mass is 10.0. The van der Waals surface area contributed by atoms with E-state index in [1.165, 1.54) is 193 Å². The fourth-order valence-corrected chi connectivity index (χ4v) is 7.79. The Morgan fingerprint density at radius 3 is 0.847 bits per heavy atom. The van der Waals surface area contributed by atoms with Crippen molar-refractivity contribution >= 4 is 17.9 Å². The van der Waals surface area contributed by atoms with Gasteiger partial charge >= 0.3 is 17.9 Å².